The number of nitrogens with zero attached hydrogens (tertiary/aromatic N) is 1. The maximum Gasteiger partial charge on any atom is 0.0483 e. The lowest BCUT2D eigenvalue weighted by atomic mass is 9.63. The Morgan fingerprint density at radius 2 is 1.29 bits per heavy atom. The summed E-state index contributed by atoms with van der Waals surface area (Å²) in [4.78, 5) is 2.86. The first-order chi connectivity index (χ1) is 11.4. The van der Waals surface area contributed by atoms with E-state index in [-0.39, 0.29) is 6.10 Å². The van der Waals surface area contributed by atoms with Crippen molar-refractivity contribution >= 4 is 0 Å². The van der Waals surface area contributed by atoms with Crippen LogP contribution in [-0.2, 0) is 0 Å². The molecule has 3 fully saturated rings. The zero-order valence-electron chi connectivity index (χ0n) is 16.9. The highest BCUT2D eigenvalue weighted by Crippen LogP contribution is 2.48. The van der Waals surface area contributed by atoms with Crippen LogP contribution in [0.1, 0.15) is 98.3 Å². The molecular formula is C22H43NO. The monoisotopic (exact) mass is 337 g/mol. The predicted octanol–water partition coefficient (Wildman–Crippen LogP) is 5.63. The van der Waals surface area contributed by atoms with Crippen LogP contribution in [0, 0.1) is 17.3 Å². The van der Waals surface area contributed by atoms with Gasteiger partial charge in [-0.2, -0.15) is 0 Å². The highest BCUT2D eigenvalue weighted by atomic mass is 16.3. The Kier molecular flexibility index (Phi) is 8.07. The molecule has 24 heavy (non-hydrogen) atoms. The van der Waals surface area contributed by atoms with Crippen LogP contribution in [0.3, 0.4) is 0 Å². The second kappa shape index (κ2) is 9.57. The van der Waals surface area contributed by atoms with E-state index in [1.807, 2.05) is 0 Å². The lowest BCUT2D eigenvalue weighted by Gasteiger charge is -2.48. The molecule has 0 aromatic rings. The van der Waals surface area contributed by atoms with Crippen molar-refractivity contribution in [2.75, 3.05) is 13.1 Å². The van der Waals surface area contributed by atoms with Gasteiger partial charge in [0.05, 0.1) is 0 Å². The molecule has 2 heteroatoms. The first kappa shape index (κ1) is 20.2. The Balaban J connectivity index is 0.000000471. The Hall–Kier alpha value is -0.0800. The molecule has 0 aromatic heterocycles. The van der Waals surface area contributed by atoms with Gasteiger partial charge in [-0.25, -0.2) is 0 Å². The van der Waals surface area contributed by atoms with E-state index in [4.69, 9.17) is 5.11 Å². The first-order valence-corrected chi connectivity index (χ1v) is 10.8. The van der Waals surface area contributed by atoms with Gasteiger partial charge in [0.1, 0.15) is 0 Å². The number of aliphatic hydroxyl groups is 1. The third-order valence-electron chi connectivity index (χ3n) is 6.98. The third-order valence-corrected chi connectivity index (χ3v) is 6.98. The number of hydrogen-bond donors (Lipinski definition) is 1. The van der Waals surface area contributed by atoms with Gasteiger partial charge >= 0.3 is 0 Å². The number of likely N-dealkylation sites (tertiary alicyclic amines) is 1. The molecule has 142 valence electrons. The zero-order chi connectivity index (χ0) is 17.6. The van der Waals surface area contributed by atoms with Gasteiger partial charge in [0.2, 0.25) is 0 Å². The molecule has 1 aliphatic heterocycles. The van der Waals surface area contributed by atoms with E-state index in [9.17, 15) is 0 Å². The first-order valence-electron chi connectivity index (χ1n) is 10.8. The summed E-state index contributed by atoms with van der Waals surface area (Å²) in [7, 11) is 0. The Bertz CT molecular complexity index is 325. The van der Waals surface area contributed by atoms with Crippen molar-refractivity contribution in [1.82, 2.24) is 4.90 Å². The topological polar surface area (TPSA) is 23.5 Å². The summed E-state index contributed by atoms with van der Waals surface area (Å²) in [6.07, 6.45) is 16.4. The van der Waals surface area contributed by atoms with Gasteiger partial charge in [-0.1, -0.05) is 33.1 Å². The van der Waals surface area contributed by atoms with Gasteiger partial charge in [-0.15, -0.1) is 0 Å². The normalized spacial score (nSPS) is 26.6. The van der Waals surface area contributed by atoms with Crippen LogP contribution in [0.4, 0.5) is 0 Å². The number of hydrogen-bond acceptors (Lipinski definition) is 2. The molecule has 0 amide bonds. The van der Waals surface area contributed by atoms with E-state index in [0.29, 0.717) is 0 Å². The van der Waals surface area contributed by atoms with Crippen molar-refractivity contribution in [1.29, 1.82) is 0 Å². The fourth-order valence-corrected chi connectivity index (χ4v) is 5.23. The van der Waals surface area contributed by atoms with E-state index in [0.717, 1.165) is 23.3 Å². The molecule has 2 saturated carbocycles. The van der Waals surface area contributed by atoms with Crippen molar-refractivity contribution in [3.63, 3.8) is 0 Å². The summed E-state index contributed by atoms with van der Waals surface area (Å²) < 4.78 is 0. The summed E-state index contributed by atoms with van der Waals surface area (Å²) in [6, 6.07) is 0.952. The molecule has 1 saturated heterocycles. The number of aliphatic hydroxyl groups excluding tert-OH is 1. The van der Waals surface area contributed by atoms with Crippen LogP contribution in [0.5, 0.6) is 0 Å². The Morgan fingerprint density at radius 3 is 1.75 bits per heavy atom. The summed E-state index contributed by atoms with van der Waals surface area (Å²) >= 11 is 0. The molecule has 0 unspecified atom stereocenters. The maximum atomic E-state index is 8.06. The second-order valence-corrected chi connectivity index (χ2v) is 9.50. The van der Waals surface area contributed by atoms with Gasteiger partial charge in [-0.3, -0.25) is 0 Å². The summed E-state index contributed by atoms with van der Waals surface area (Å²) in [5.74, 6) is 1.94. The fourth-order valence-electron chi connectivity index (χ4n) is 5.23. The van der Waals surface area contributed by atoms with Crippen molar-refractivity contribution in [3.8, 4) is 0 Å². The molecule has 2 aliphatic carbocycles. The Labute approximate surface area is 151 Å². The smallest absolute Gasteiger partial charge is 0.0483 e. The quantitative estimate of drug-likeness (QED) is 0.705. The highest BCUT2D eigenvalue weighted by molar-refractivity contribution is 4.92. The SMILES string of the molecule is CC(C)C1CCC2(CC1)CCN(C1CCCCC1)CC2.CC(C)O. The molecule has 3 aliphatic rings. The number of rotatable bonds is 2. The Morgan fingerprint density at radius 1 is 0.792 bits per heavy atom. The molecule has 2 nitrogen and oxygen atoms in total. The lowest BCUT2D eigenvalue weighted by Crippen LogP contribution is -2.47. The third kappa shape index (κ3) is 6.02. The summed E-state index contributed by atoms with van der Waals surface area (Å²) in [6.45, 7) is 11.1. The van der Waals surface area contributed by atoms with Crippen LogP contribution < -0.4 is 0 Å². The molecule has 3 rings (SSSR count). The minimum absolute atomic E-state index is 0.167. The summed E-state index contributed by atoms with van der Waals surface area (Å²) in [5, 5.41) is 8.06. The average Bonchev–Trinajstić information content (AvgIpc) is 2.56. The zero-order valence-corrected chi connectivity index (χ0v) is 16.9. The van der Waals surface area contributed by atoms with Gasteiger partial charge in [0, 0.05) is 12.1 Å². The lowest BCUT2D eigenvalue weighted by molar-refractivity contribution is 0.0195. The van der Waals surface area contributed by atoms with Crippen LogP contribution in [0.25, 0.3) is 0 Å². The van der Waals surface area contributed by atoms with Gasteiger partial charge in [-0.05, 0) is 95.6 Å². The molecular weight excluding hydrogens is 294 g/mol. The standard InChI is InChI=1S/C19H35N.C3H8O/c1-16(2)17-8-10-19(11-9-17)12-14-20(15-13-19)18-6-4-3-5-7-18;1-3(2)4/h16-18H,3-15H2,1-2H3;3-4H,1-2H3. The molecule has 0 aromatic carbocycles. The van der Waals surface area contributed by atoms with E-state index < -0.39 is 0 Å². The van der Waals surface area contributed by atoms with Crippen molar-refractivity contribution in [2.24, 2.45) is 17.3 Å². The van der Waals surface area contributed by atoms with Crippen molar-refractivity contribution in [2.45, 2.75) is 110 Å². The second-order valence-electron chi connectivity index (χ2n) is 9.50. The molecule has 0 radical (unpaired) electrons. The number of piperidine rings is 1. The highest BCUT2D eigenvalue weighted by Gasteiger charge is 2.39. The van der Waals surface area contributed by atoms with Crippen molar-refractivity contribution < 1.29 is 5.11 Å². The van der Waals surface area contributed by atoms with Gasteiger partial charge in [0.15, 0.2) is 0 Å². The van der Waals surface area contributed by atoms with Gasteiger partial charge < -0.3 is 10.0 Å². The van der Waals surface area contributed by atoms with Crippen LogP contribution in [0.15, 0.2) is 0 Å². The maximum absolute atomic E-state index is 8.06. The van der Waals surface area contributed by atoms with Crippen molar-refractivity contribution in [3.05, 3.63) is 0 Å². The van der Waals surface area contributed by atoms with E-state index in [1.165, 1.54) is 83.7 Å². The molecule has 0 atom stereocenters. The molecule has 1 heterocycles. The molecule has 0 bridgehead atoms. The van der Waals surface area contributed by atoms with Crippen LogP contribution >= 0.6 is 0 Å². The molecule has 1 N–H and O–H groups in total. The van der Waals surface area contributed by atoms with Gasteiger partial charge in [0.25, 0.3) is 0 Å². The summed E-state index contributed by atoms with van der Waals surface area (Å²) in [5.41, 5.74) is 0.760. The minimum atomic E-state index is -0.167. The fraction of sp³-hybridized carbons (Fsp3) is 1.00. The van der Waals surface area contributed by atoms with E-state index in [2.05, 4.69) is 18.7 Å². The van der Waals surface area contributed by atoms with Crippen LogP contribution in [-0.4, -0.2) is 35.2 Å². The molecule has 1 spiro atoms. The predicted molar refractivity (Wildman–Crippen MR) is 104 cm³/mol. The largest absolute Gasteiger partial charge is 0.394 e. The minimum Gasteiger partial charge on any atom is -0.394 e. The van der Waals surface area contributed by atoms with E-state index in [1.54, 1.807) is 13.8 Å². The van der Waals surface area contributed by atoms with Crippen LogP contribution in [0.2, 0.25) is 0 Å². The average molecular weight is 338 g/mol. The van der Waals surface area contributed by atoms with E-state index >= 15 is 0 Å².